The van der Waals surface area contributed by atoms with E-state index >= 15 is 0 Å². The summed E-state index contributed by atoms with van der Waals surface area (Å²) >= 11 is 7.52. The fourth-order valence-corrected chi connectivity index (χ4v) is 4.51. The number of rotatable bonds is 10. The second-order valence-electron chi connectivity index (χ2n) is 8.15. The van der Waals surface area contributed by atoms with Crippen molar-refractivity contribution in [2.24, 2.45) is 5.92 Å². The number of anilines is 1. The lowest BCUT2D eigenvalue weighted by Gasteiger charge is -2.22. The predicted molar refractivity (Wildman–Crippen MR) is 137 cm³/mol. The van der Waals surface area contributed by atoms with E-state index in [9.17, 15) is 9.59 Å². The number of thioether (sulfide) groups is 1. The van der Waals surface area contributed by atoms with E-state index in [4.69, 9.17) is 11.6 Å². The highest BCUT2D eigenvalue weighted by Gasteiger charge is 2.26. The van der Waals surface area contributed by atoms with Crippen LogP contribution in [0.1, 0.15) is 55.5 Å². The van der Waals surface area contributed by atoms with Gasteiger partial charge in [0, 0.05) is 12.2 Å². The SMILES string of the molecule is CCc1ccc(NC(=O)CSc2nnc([C@@H](NC(=O)c3ccccc3Cl)C(C)C)n2CC)cc1. The Morgan fingerprint density at radius 3 is 2.38 bits per heavy atom. The summed E-state index contributed by atoms with van der Waals surface area (Å²) in [4.78, 5) is 25.3. The van der Waals surface area contributed by atoms with Gasteiger partial charge in [0.05, 0.1) is 22.4 Å². The number of nitrogens with one attached hydrogen (secondary N) is 2. The number of hydrogen-bond acceptors (Lipinski definition) is 5. The number of nitrogens with zero attached hydrogens (tertiary/aromatic N) is 3. The lowest BCUT2D eigenvalue weighted by Crippen LogP contribution is -2.34. The van der Waals surface area contributed by atoms with Crippen LogP contribution in [0.25, 0.3) is 0 Å². The van der Waals surface area contributed by atoms with Gasteiger partial charge in [-0.3, -0.25) is 9.59 Å². The largest absolute Gasteiger partial charge is 0.342 e. The Morgan fingerprint density at radius 1 is 1.06 bits per heavy atom. The quantitative estimate of drug-likeness (QED) is 0.366. The Bertz CT molecular complexity index is 1130. The summed E-state index contributed by atoms with van der Waals surface area (Å²) in [6, 6.07) is 14.4. The first-order valence-corrected chi connectivity index (χ1v) is 12.7. The normalized spacial score (nSPS) is 11.9. The number of aromatic nitrogens is 3. The number of aryl methyl sites for hydroxylation is 1. The van der Waals surface area contributed by atoms with E-state index in [1.807, 2.05) is 49.6 Å². The molecule has 34 heavy (non-hydrogen) atoms. The zero-order valence-electron chi connectivity index (χ0n) is 19.8. The van der Waals surface area contributed by atoms with E-state index in [0.29, 0.717) is 28.1 Å². The van der Waals surface area contributed by atoms with E-state index in [1.54, 1.807) is 24.3 Å². The summed E-state index contributed by atoms with van der Waals surface area (Å²) in [5.74, 6) is 0.530. The van der Waals surface area contributed by atoms with Crippen molar-refractivity contribution >= 4 is 40.9 Å². The van der Waals surface area contributed by atoms with Crippen LogP contribution in [0, 0.1) is 5.92 Å². The van der Waals surface area contributed by atoms with Gasteiger partial charge in [-0.15, -0.1) is 10.2 Å². The highest BCUT2D eigenvalue weighted by molar-refractivity contribution is 7.99. The second-order valence-corrected chi connectivity index (χ2v) is 9.50. The summed E-state index contributed by atoms with van der Waals surface area (Å²) in [6.45, 7) is 8.70. The zero-order valence-corrected chi connectivity index (χ0v) is 21.4. The van der Waals surface area contributed by atoms with Crippen LogP contribution in [0.4, 0.5) is 5.69 Å². The van der Waals surface area contributed by atoms with Crippen molar-refractivity contribution in [2.75, 3.05) is 11.1 Å². The first kappa shape index (κ1) is 25.8. The first-order valence-electron chi connectivity index (χ1n) is 11.3. The van der Waals surface area contributed by atoms with Gasteiger partial charge in [-0.25, -0.2) is 0 Å². The molecule has 1 aromatic heterocycles. The lowest BCUT2D eigenvalue weighted by atomic mass is 10.0. The van der Waals surface area contributed by atoms with Crippen LogP contribution in [0.5, 0.6) is 0 Å². The molecule has 0 saturated heterocycles. The molecule has 9 heteroatoms. The highest BCUT2D eigenvalue weighted by atomic mass is 35.5. The molecule has 3 aromatic rings. The van der Waals surface area contributed by atoms with E-state index in [0.717, 1.165) is 12.1 Å². The number of benzene rings is 2. The van der Waals surface area contributed by atoms with Crippen molar-refractivity contribution in [1.29, 1.82) is 0 Å². The maximum Gasteiger partial charge on any atom is 0.253 e. The minimum Gasteiger partial charge on any atom is -0.342 e. The molecule has 0 fully saturated rings. The molecule has 7 nitrogen and oxygen atoms in total. The van der Waals surface area contributed by atoms with Gasteiger partial charge < -0.3 is 15.2 Å². The summed E-state index contributed by atoms with van der Waals surface area (Å²) in [5, 5.41) is 15.7. The van der Waals surface area contributed by atoms with E-state index in [1.165, 1.54) is 17.3 Å². The first-order chi connectivity index (χ1) is 16.3. The van der Waals surface area contributed by atoms with Crippen LogP contribution < -0.4 is 10.6 Å². The van der Waals surface area contributed by atoms with Gasteiger partial charge in [0.1, 0.15) is 0 Å². The van der Waals surface area contributed by atoms with Crippen LogP contribution in [0.3, 0.4) is 0 Å². The minimum absolute atomic E-state index is 0.0631. The van der Waals surface area contributed by atoms with Crippen molar-refractivity contribution in [2.45, 2.75) is 51.9 Å². The van der Waals surface area contributed by atoms with Crippen LogP contribution in [-0.2, 0) is 17.8 Å². The Kier molecular flexibility index (Phi) is 9.12. The predicted octanol–water partition coefficient (Wildman–Crippen LogP) is 5.37. The average Bonchev–Trinajstić information content (AvgIpc) is 3.24. The van der Waals surface area contributed by atoms with Crippen molar-refractivity contribution in [3.05, 3.63) is 70.5 Å². The molecular formula is C25H30ClN5O2S. The molecule has 0 radical (unpaired) electrons. The van der Waals surface area contributed by atoms with Crippen molar-refractivity contribution in [1.82, 2.24) is 20.1 Å². The third-order valence-corrected chi connectivity index (χ3v) is 6.69. The molecule has 1 heterocycles. The smallest absolute Gasteiger partial charge is 0.253 e. The molecular weight excluding hydrogens is 470 g/mol. The standard InChI is InChI=1S/C25H30ClN5O2S/c1-5-17-11-13-18(14-12-17)27-21(32)15-34-25-30-29-23(31(25)6-2)22(16(3)4)28-24(33)19-9-7-8-10-20(19)26/h7-14,16,22H,5-6,15H2,1-4H3,(H,27,32)(H,28,33)/t22-/m0/s1. The van der Waals surface area contributed by atoms with Crippen molar-refractivity contribution in [3.8, 4) is 0 Å². The van der Waals surface area contributed by atoms with E-state index in [2.05, 4.69) is 27.8 Å². The molecule has 2 aromatic carbocycles. The molecule has 0 spiro atoms. The second kappa shape index (κ2) is 12.0. The third kappa shape index (κ3) is 6.39. The number of carbonyl (C=O) groups excluding carboxylic acids is 2. The summed E-state index contributed by atoms with van der Waals surface area (Å²) in [5.41, 5.74) is 2.40. The monoisotopic (exact) mass is 499 g/mol. The minimum atomic E-state index is -0.364. The summed E-state index contributed by atoms with van der Waals surface area (Å²) < 4.78 is 1.94. The zero-order chi connectivity index (χ0) is 24.7. The third-order valence-electron chi connectivity index (χ3n) is 5.39. The molecule has 0 aliphatic rings. The van der Waals surface area contributed by atoms with Crippen LogP contribution in [0.2, 0.25) is 5.02 Å². The van der Waals surface area contributed by atoms with Crippen LogP contribution >= 0.6 is 23.4 Å². The van der Waals surface area contributed by atoms with E-state index < -0.39 is 0 Å². The maximum atomic E-state index is 12.9. The average molecular weight is 500 g/mol. The number of hydrogen-bond donors (Lipinski definition) is 2. The van der Waals surface area contributed by atoms with Gasteiger partial charge in [0.15, 0.2) is 11.0 Å². The Morgan fingerprint density at radius 2 is 1.76 bits per heavy atom. The number of amides is 2. The fraction of sp³-hybridized carbons (Fsp3) is 0.360. The van der Waals surface area contributed by atoms with E-state index in [-0.39, 0.29) is 29.5 Å². The van der Waals surface area contributed by atoms with Gasteiger partial charge in [0.25, 0.3) is 5.91 Å². The van der Waals surface area contributed by atoms with Crippen LogP contribution in [-0.4, -0.2) is 32.3 Å². The van der Waals surface area contributed by atoms with Crippen molar-refractivity contribution < 1.29 is 9.59 Å². The molecule has 0 unspecified atom stereocenters. The number of carbonyl (C=O) groups is 2. The van der Waals surface area contributed by atoms with Gasteiger partial charge in [-0.05, 0) is 49.1 Å². The fourth-order valence-electron chi connectivity index (χ4n) is 3.48. The van der Waals surface area contributed by atoms with Crippen molar-refractivity contribution in [3.63, 3.8) is 0 Å². The maximum absolute atomic E-state index is 12.9. The molecule has 0 saturated carbocycles. The van der Waals surface area contributed by atoms with Gasteiger partial charge >= 0.3 is 0 Å². The summed E-state index contributed by atoms with van der Waals surface area (Å²) in [6.07, 6.45) is 0.954. The Labute approximate surface area is 209 Å². The highest BCUT2D eigenvalue weighted by Crippen LogP contribution is 2.26. The molecule has 3 rings (SSSR count). The molecule has 2 N–H and O–H groups in total. The lowest BCUT2D eigenvalue weighted by molar-refractivity contribution is -0.113. The van der Waals surface area contributed by atoms with Gasteiger partial charge in [0.2, 0.25) is 5.91 Å². The summed E-state index contributed by atoms with van der Waals surface area (Å²) in [7, 11) is 0. The molecule has 0 bridgehead atoms. The topological polar surface area (TPSA) is 88.9 Å². The Balaban J connectivity index is 1.70. The number of halogens is 1. The molecule has 180 valence electrons. The molecule has 0 aliphatic carbocycles. The van der Waals surface area contributed by atoms with Gasteiger partial charge in [-0.2, -0.15) is 0 Å². The van der Waals surface area contributed by atoms with Crippen LogP contribution in [0.15, 0.2) is 53.7 Å². The molecule has 2 amide bonds. The molecule has 0 aliphatic heterocycles. The molecule has 1 atom stereocenters. The Hall–Kier alpha value is -2.84. The van der Waals surface area contributed by atoms with Gasteiger partial charge in [-0.1, -0.05) is 68.4 Å².